The standard InChI is InChI=1S/C9H9F3N2O2/c1-5-6(4-13-14(5)2)7(15)3-8(16)9(10,11)12/h3-4,15H,1-2H3/b7-3-. The molecule has 0 amide bonds. The van der Waals surface area contributed by atoms with Crippen LogP contribution in [0.1, 0.15) is 11.3 Å². The first-order valence-corrected chi connectivity index (χ1v) is 4.24. The van der Waals surface area contributed by atoms with Crippen LogP contribution < -0.4 is 0 Å². The van der Waals surface area contributed by atoms with Gasteiger partial charge in [-0.1, -0.05) is 0 Å². The van der Waals surface area contributed by atoms with Gasteiger partial charge < -0.3 is 5.11 Å². The Bertz CT molecular complexity index is 446. The highest BCUT2D eigenvalue weighted by Gasteiger charge is 2.37. The maximum absolute atomic E-state index is 11.9. The van der Waals surface area contributed by atoms with Crippen molar-refractivity contribution >= 4 is 11.5 Å². The number of aromatic nitrogens is 2. The van der Waals surface area contributed by atoms with E-state index in [1.165, 1.54) is 10.9 Å². The van der Waals surface area contributed by atoms with Gasteiger partial charge in [-0.05, 0) is 6.92 Å². The minimum absolute atomic E-state index is 0.0973. The van der Waals surface area contributed by atoms with Crippen molar-refractivity contribution in [1.29, 1.82) is 0 Å². The van der Waals surface area contributed by atoms with Gasteiger partial charge in [0.25, 0.3) is 5.78 Å². The molecule has 0 aliphatic rings. The molecule has 0 radical (unpaired) electrons. The monoisotopic (exact) mass is 234 g/mol. The van der Waals surface area contributed by atoms with Crippen molar-refractivity contribution in [1.82, 2.24) is 9.78 Å². The number of allylic oxidation sites excluding steroid dienone is 1. The second-order valence-corrected chi connectivity index (χ2v) is 3.16. The zero-order valence-corrected chi connectivity index (χ0v) is 8.54. The quantitative estimate of drug-likeness (QED) is 0.626. The first-order chi connectivity index (χ1) is 7.23. The number of carbonyl (C=O) groups excluding carboxylic acids is 1. The van der Waals surface area contributed by atoms with Gasteiger partial charge in [0.2, 0.25) is 0 Å². The van der Waals surface area contributed by atoms with Gasteiger partial charge >= 0.3 is 6.18 Å². The number of rotatable bonds is 2. The van der Waals surface area contributed by atoms with Crippen molar-refractivity contribution in [2.75, 3.05) is 0 Å². The summed E-state index contributed by atoms with van der Waals surface area (Å²) < 4.78 is 37.1. The van der Waals surface area contributed by atoms with Crippen LogP contribution in [0, 0.1) is 6.92 Å². The van der Waals surface area contributed by atoms with E-state index in [1.807, 2.05) is 0 Å². The van der Waals surface area contributed by atoms with E-state index < -0.39 is 17.7 Å². The molecule has 16 heavy (non-hydrogen) atoms. The van der Waals surface area contributed by atoms with Crippen molar-refractivity contribution in [3.63, 3.8) is 0 Å². The lowest BCUT2D eigenvalue weighted by atomic mass is 10.2. The van der Waals surface area contributed by atoms with Gasteiger partial charge in [0.1, 0.15) is 5.76 Å². The molecule has 1 rings (SSSR count). The molecule has 0 aliphatic heterocycles. The number of aryl methyl sites for hydroxylation is 1. The van der Waals surface area contributed by atoms with Gasteiger partial charge in [-0.3, -0.25) is 9.48 Å². The summed E-state index contributed by atoms with van der Waals surface area (Å²) in [5.74, 6) is -2.85. The van der Waals surface area contributed by atoms with Crippen LogP contribution in [0.25, 0.3) is 5.76 Å². The van der Waals surface area contributed by atoms with Crippen LogP contribution in [0.2, 0.25) is 0 Å². The Labute approximate surface area is 89.0 Å². The van der Waals surface area contributed by atoms with Crippen LogP contribution in [0.4, 0.5) is 13.2 Å². The van der Waals surface area contributed by atoms with Gasteiger partial charge in [-0.15, -0.1) is 0 Å². The zero-order chi connectivity index (χ0) is 12.5. The summed E-state index contributed by atoms with van der Waals surface area (Å²) in [5, 5.41) is 13.1. The van der Waals surface area contributed by atoms with Crippen LogP contribution in [0.15, 0.2) is 12.3 Å². The van der Waals surface area contributed by atoms with Crippen LogP contribution in [0.3, 0.4) is 0 Å². The fraction of sp³-hybridized carbons (Fsp3) is 0.333. The molecule has 0 bridgehead atoms. The Balaban J connectivity index is 3.03. The summed E-state index contributed by atoms with van der Waals surface area (Å²) in [6.07, 6.45) is -3.65. The number of alkyl halides is 3. The fourth-order valence-corrected chi connectivity index (χ4v) is 1.03. The number of aliphatic hydroxyl groups is 1. The van der Waals surface area contributed by atoms with Gasteiger partial charge in [-0.25, -0.2) is 0 Å². The van der Waals surface area contributed by atoms with E-state index in [4.69, 9.17) is 0 Å². The summed E-state index contributed by atoms with van der Waals surface area (Å²) >= 11 is 0. The summed E-state index contributed by atoms with van der Waals surface area (Å²) in [5.41, 5.74) is 0.559. The Morgan fingerprint density at radius 2 is 2.12 bits per heavy atom. The number of aliphatic hydroxyl groups excluding tert-OH is 1. The number of ketones is 1. The largest absolute Gasteiger partial charge is 0.507 e. The Morgan fingerprint density at radius 3 is 2.50 bits per heavy atom. The normalized spacial score (nSPS) is 12.9. The highest BCUT2D eigenvalue weighted by atomic mass is 19.4. The number of hydrogen-bond acceptors (Lipinski definition) is 3. The minimum Gasteiger partial charge on any atom is -0.507 e. The maximum atomic E-state index is 11.9. The molecule has 0 spiro atoms. The molecule has 4 nitrogen and oxygen atoms in total. The topological polar surface area (TPSA) is 55.1 Å². The SMILES string of the molecule is Cc1c(/C(O)=C/C(=O)C(F)(F)F)cnn1C. The lowest BCUT2D eigenvalue weighted by Crippen LogP contribution is -2.20. The fourth-order valence-electron chi connectivity index (χ4n) is 1.03. The summed E-state index contributed by atoms with van der Waals surface area (Å²) in [6.45, 7) is 1.56. The predicted octanol–water partition coefficient (Wildman–Crippen LogP) is 1.76. The van der Waals surface area contributed by atoms with Gasteiger partial charge in [0.15, 0.2) is 0 Å². The summed E-state index contributed by atoms with van der Waals surface area (Å²) in [4.78, 5) is 10.6. The second kappa shape index (κ2) is 3.99. The molecule has 0 unspecified atom stereocenters. The highest BCUT2D eigenvalue weighted by molar-refractivity contribution is 5.99. The lowest BCUT2D eigenvalue weighted by molar-refractivity contribution is -0.165. The van der Waals surface area contributed by atoms with Crippen molar-refractivity contribution in [2.24, 2.45) is 7.05 Å². The van der Waals surface area contributed by atoms with E-state index >= 15 is 0 Å². The van der Waals surface area contributed by atoms with Gasteiger partial charge in [-0.2, -0.15) is 18.3 Å². The molecule has 1 heterocycles. The average molecular weight is 234 g/mol. The van der Waals surface area contributed by atoms with Crippen molar-refractivity contribution in [3.05, 3.63) is 23.5 Å². The molecule has 0 saturated heterocycles. The van der Waals surface area contributed by atoms with Gasteiger partial charge in [0, 0.05) is 18.8 Å². The molecular weight excluding hydrogens is 225 g/mol. The lowest BCUT2D eigenvalue weighted by Gasteiger charge is -2.02. The molecule has 0 fully saturated rings. The van der Waals surface area contributed by atoms with E-state index in [1.54, 1.807) is 14.0 Å². The number of nitrogens with zero attached hydrogens (tertiary/aromatic N) is 2. The number of halogens is 3. The van der Waals surface area contributed by atoms with Gasteiger partial charge in [0.05, 0.1) is 11.8 Å². The molecule has 1 aromatic rings. The Morgan fingerprint density at radius 1 is 1.56 bits per heavy atom. The molecule has 0 aromatic carbocycles. The average Bonchev–Trinajstić information content (AvgIpc) is 2.46. The molecule has 0 aliphatic carbocycles. The third-order valence-electron chi connectivity index (χ3n) is 2.06. The third kappa shape index (κ3) is 2.41. The zero-order valence-electron chi connectivity index (χ0n) is 8.54. The Kier molecular flexibility index (Phi) is 3.06. The third-order valence-corrected chi connectivity index (χ3v) is 2.06. The van der Waals surface area contributed by atoms with Crippen molar-refractivity contribution in [3.8, 4) is 0 Å². The second-order valence-electron chi connectivity index (χ2n) is 3.16. The van der Waals surface area contributed by atoms with E-state index in [2.05, 4.69) is 5.10 Å². The Hall–Kier alpha value is -1.79. The molecule has 0 atom stereocenters. The number of hydrogen-bond donors (Lipinski definition) is 1. The van der Waals surface area contributed by atoms with E-state index in [0.29, 0.717) is 5.69 Å². The van der Waals surface area contributed by atoms with E-state index in [-0.39, 0.29) is 11.6 Å². The first-order valence-electron chi connectivity index (χ1n) is 4.24. The van der Waals surface area contributed by atoms with Crippen molar-refractivity contribution < 1.29 is 23.1 Å². The van der Waals surface area contributed by atoms with Crippen LogP contribution >= 0.6 is 0 Å². The molecule has 7 heteroatoms. The summed E-state index contributed by atoms with van der Waals surface area (Å²) in [7, 11) is 1.57. The maximum Gasteiger partial charge on any atom is 0.454 e. The highest BCUT2D eigenvalue weighted by Crippen LogP contribution is 2.21. The van der Waals surface area contributed by atoms with E-state index in [0.717, 1.165) is 0 Å². The van der Waals surface area contributed by atoms with Crippen molar-refractivity contribution in [2.45, 2.75) is 13.1 Å². The molecular formula is C9H9F3N2O2. The summed E-state index contributed by atoms with van der Waals surface area (Å²) in [6, 6.07) is 0. The number of carbonyl (C=O) groups is 1. The van der Waals surface area contributed by atoms with Crippen LogP contribution in [-0.2, 0) is 11.8 Å². The molecule has 88 valence electrons. The van der Waals surface area contributed by atoms with Crippen LogP contribution in [0.5, 0.6) is 0 Å². The molecule has 0 saturated carbocycles. The molecule has 1 N–H and O–H groups in total. The molecule has 1 aromatic heterocycles. The minimum atomic E-state index is -4.98. The van der Waals surface area contributed by atoms with Crippen LogP contribution in [-0.4, -0.2) is 26.8 Å². The smallest absolute Gasteiger partial charge is 0.454 e. The predicted molar refractivity (Wildman–Crippen MR) is 49.6 cm³/mol. The van der Waals surface area contributed by atoms with E-state index in [9.17, 15) is 23.1 Å². The first kappa shape index (κ1) is 12.3.